The summed E-state index contributed by atoms with van der Waals surface area (Å²) in [4.78, 5) is 13.6. The van der Waals surface area contributed by atoms with E-state index in [1.165, 1.54) is 25.0 Å². The first-order valence-corrected chi connectivity index (χ1v) is 13.6. The molecule has 0 spiro atoms. The number of likely N-dealkylation sites (tertiary alicyclic amines) is 1. The highest BCUT2D eigenvalue weighted by molar-refractivity contribution is 7.90. The molecule has 2 N–H and O–H groups in total. The van der Waals surface area contributed by atoms with Crippen LogP contribution in [0.25, 0.3) is 0 Å². The Kier molecular flexibility index (Phi) is 7.57. The van der Waals surface area contributed by atoms with Gasteiger partial charge in [0.25, 0.3) is 0 Å². The number of nitrogens with one attached hydrogen (secondary N) is 1. The summed E-state index contributed by atoms with van der Waals surface area (Å²) in [5.74, 6) is 2.30. The molecule has 1 aromatic carbocycles. The SMILES string of the molecule is CS(=O)(=O)c1ccc(CNc2nc(N3CC(C4CCCN(CCO)C4)C3)cnc2C#N)c(Cl)c1. The van der Waals surface area contributed by atoms with Gasteiger partial charge in [-0.2, -0.15) is 5.26 Å². The zero-order valence-electron chi connectivity index (χ0n) is 19.1. The summed E-state index contributed by atoms with van der Waals surface area (Å²) < 4.78 is 23.4. The van der Waals surface area contributed by atoms with Crippen LogP contribution in [0, 0.1) is 23.2 Å². The first-order valence-electron chi connectivity index (χ1n) is 11.4. The number of anilines is 2. The van der Waals surface area contributed by atoms with Gasteiger partial charge in [-0.15, -0.1) is 0 Å². The number of β-amino-alcohol motifs (C(OH)–C–C–N with tert-alkyl or cyclic N) is 1. The number of piperidine rings is 1. The fourth-order valence-corrected chi connectivity index (χ4v) is 5.60. The zero-order valence-corrected chi connectivity index (χ0v) is 20.7. The number of halogens is 1. The number of benzene rings is 1. The van der Waals surface area contributed by atoms with Crippen LogP contribution in [0.2, 0.25) is 5.02 Å². The maximum Gasteiger partial charge on any atom is 0.183 e. The van der Waals surface area contributed by atoms with E-state index >= 15 is 0 Å². The summed E-state index contributed by atoms with van der Waals surface area (Å²) in [5, 5.41) is 22.1. The van der Waals surface area contributed by atoms with Crippen LogP contribution >= 0.6 is 11.6 Å². The van der Waals surface area contributed by atoms with Crippen molar-refractivity contribution >= 4 is 33.1 Å². The molecule has 2 fully saturated rings. The minimum absolute atomic E-state index is 0.158. The van der Waals surface area contributed by atoms with Gasteiger partial charge in [0.2, 0.25) is 0 Å². The predicted molar refractivity (Wildman–Crippen MR) is 131 cm³/mol. The van der Waals surface area contributed by atoms with Crippen molar-refractivity contribution in [2.45, 2.75) is 24.3 Å². The van der Waals surface area contributed by atoms with Gasteiger partial charge < -0.3 is 20.2 Å². The Morgan fingerprint density at radius 2 is 2.09 bits per heavy atom. The fraction of sp³-hybridized carbons (Fsp3) is 0.522. The van der Waals surface area contributed by atoms with Gasteiger partial charge in [-0.3, -0.25) is 0 Å². The summed E-state index contributed by atoms with van der Waals surface area (Å²) in [5.41, 5.74) is 0.885. The molecule has 34 heavy (non-hydrogen) atoms. The third-order valence-electron chi connectivity index (χ3n) is 6.62. The van der Waals surface area contributed by atoms with Crippen molar-refractivity contribution in [3.05, 3.63) is 40.7 Å². The standard InChI is InChI=1S/C23H29ClN6O3S/c1-34(32,33)19-5-4-16(20(24)9-19)11-27-23-21(10-25)26-12-22(28-23)30-14-18(15-30)17-3-2-6-29(13-17)7-8-31/h4-5,9,12,17-18,31H,2-3,6-8,11,13-15H2,1H3,(H,27,28). The van der Waals surface area contributed by atoms with Crippen LogP contribution in [0.3, 0.4) is 0 Å². The molecular weight excluding hydrogens is 476 g/mol. The normalized spacial score (nSPS) is 19.5. The van der Waals surface area contributed by atoms with Gasteiger partial charge in [0.15, 0.2) is 21.3 Å². The summed E-state index contributed by atoms with van der Waals surface area (Å²) in [6.45, 7) is 5.11. The molecule has 1 unspecified atom stereocenters. The van der Waals surface area contributed by atoms with E-state index in [4.69, 9.17) is 11.6 Å². The highest BCUT2D eigenvalue weighted by Gasteiger charge is 2.36. The molecule has 0 saturated carbocycles. The number of aliphatic hydroxyl groups is 1. The highest BCUT2D eigenvalue weighted by atomic mass is 35.5. The quantitative estimate of drug-likeness (QED) is 0.556. The first-order chi connectivity index (χ1) is 16.3. The van der Waals surface area contributed by atoms with Crippen molar-refractivity contribution in [1.29, 1.82) is 5.26 Å². The Morgan fingerprint density at radius 3 is 2.76 bits per heavy atom. The second kappa shape index (κ2) is 10.4. The molecular formula is C23H29ClN6O3S. The van der Waals surface area contributed by atoms with Crippen molar-refractivity contribution in [1.82, 2.24) is 14.9 Å². The monoisotopic (exact) mass is 504 g/mol. The molecule has 2 saturated heterocycles. The number of aromatic nitrogens is 2. The minimum Gasteiger partial charge on any atom is -0.395 e. The molecule has 0 aliphatic carbocycles. The van der Waals surface area contributed by atoms with Crippen LogP contribution in [-0.4, -0.2) is 74.0 Å². The molecule has 1 atom stereocenters. The molecule has 182 valence electrons. The molecule has 0 bridgehead atoms. The van der Waals surface area contributed by atoms with Crippen molar-refractivity contribution < 1.29 is 13.5 Å². The van der Waals surface area contributed by atoms with Crippen LogP contribution in [0.1, 0.15) is 24.1 Å². The number of sulfone groups is 1. The van der Waals surface area contributed by atoms with Gasteiger partial charge in [-0.05, 0) is 48.9 Å². The Morgan fingerprint density at radius 1 is 1.29 bits per heavy atom. The van der Waals surface area contributed by atoms with Crippen LogP contribution in [0.4, 0.5) is 11.6 Å². The number of rotatable bonds is 8. The van der Waals surface area contributed by atoms with Crippen LogP contribution in [0.15, 0.2) is 29.3 Å². The maximum absolute atomic E-state index is 11.7. The topological polar surface area (TPSA) is 122 Å². The van der Waals surface area contributed by atoms with Gasteiger partial charge in [0.1, 0.15) is 11.9 Å². The molecule has 0 amide bonds. The number of hydrogen-bond donors (Lipinski definition) is 2. The Bertz CT molecular complexity index is 1180. The highest BCUT2D eigenvalue weighted by Crippen LogP contribution is 2.33. The van der Waals surface area contributed by atoms with Crippen LogP contribution < -0.4 is 10.2 Å². The third-order valence-corrected chi connectivity index (χ3v) is 8.09. The van der Waals surface area contributed by atoms with E-state index in [1.807, 2.05) is 0 Å². The van der Waals surface area contributed by atoms with E-state index in [2.05, 4.69) is 31.2 Å². The molecule has 0 radical (unpaired) electrons. The van der Waals surface area contributed by atoms with Gasteiger partial charge in [0, 0.05) is 44.0 Å². The predicted octanol–water partition coefficient (Wildman–Crippen LogP) is 2.16. The fourth-order valence-electron chi connectivity index (χ4n) is 4.64. The second-order valence-corrected chi connectivity index (χ2v) is 11.4. The lowest BCUT2D eigenvalue weighted by Gasteiger charge is -2.47. The minimum atomic E-state index is -3.34. The summed E-state index contributed by atoms with van der Waals surface area (Å²) >= 11 is 6.28. The molecule has 2 aliphatic heterocycles. The Hall–Kier alpha value is -2.45. The molecule has 11 heteroatoms. The summed E-state index contributed by atoms with van der Waals surface area (Å²) in [6, 6.07) is 6.65. The average Bonchev–Trinajstić information content (AvgIpc) is 2.77. The van der Waals surface area contributed by atoms with E-state index in [0.29, 0.717) is 28.2 Å². The summed E-state index contributed by atoms with van der Waals surface area (Å²) in [7, 11) is -3.34. The van der Waals surface area contributed by atoms with Crippen molar-refractivity contribution in [3.63, 3.8) is 0 Å². The van der Waals surface area contributed by atoms with Crippen molar-refractivity contribution in [2.75, 3.05) is 55.8 Å². The molecule has 1 aromatic heterocycles. The van der Waals surface area contributed by atoms with Crippen LogP contribution in [0.5, 0.6) is 0 Å². The number of nitrogens with zero attached hydrogens (tertiary/aromatic N) is 5. The molecule has 9 nitrogen and oxygen atoms in total. The van der Waals surface area contributed by atoms with Gasteiger partial charge >= 0.3 is 0 Å². The Labute approximate surface area is 205 Å². The van der Waals surface area contributed by atoms with E-state index in [9.17, 15) is 18.8 Å². The van der Waals surface area contributed by atoms with Crippen molar-refractivity contribution in [3.8, 4) is 6.07 Å². The van der Waals surface area contributed by atoms with Gasteiger partial charge in [-0.1, -0.05) is 17.7 Å². The van der Waals surface area contributed by atoms with E-state index in [0.717, 1.165) is 44.8 Å². The van der Waals surface area contributed by atoms with E-state index < -0.39 is 9.84 Å². The molecule has 2 aromatic rings. The maximum atomic E-state index is 11.7. The second-order valence-electron chi connectivity index (χ2n) is 9.01. The lowest BCUT2D eigenvalue weighted by molar-refractivity contribution is 0.101. The third kappa shape index (κ3) is 5.61. The molecule has 2 aliphatic rings. The van der Waals surface area contributed by atoms with E-state index in [-0.39, 0.29) is 23.7 Å². The van der Waals surface area contributed by atoms with Crippen LogP contribution in [-0.2, 0) is 16.4 Å². The lowest BCUT2D eigenvalue weighted by atomic mass is 9.80. The smallest absolute Gasteiger partial charge is 0.183 e. The van der Waals surface area contributed by atoms with Gasteiger partial charge in [0.05, 0.1) is 17.7 Å². The molecule has 3 heterocycles. The molecule has 4 rings (SSSR count). The largest absolute Gasteiger partial charge is 0.395 e. The lowest BCUT2D eigenvalue weighted by Crippen LogP contribution is -2.54. The average molecular weight is 505 g/mol. The van der Waals surface area contributed by atoms with Crippen molar-refractivity contribution in [2.24, 2.45) is 11.8 Å². The number of aliphatic hydroxyl groups excluding tert-OH is 1. The summed E-state index contributed by atoms with van der Waals surface area (Å²) in [6.07, 6.45) is 5.15. The number of hydrogen-bond acceptors (Lipinski definition) is 9. The van der Waals surface area contributed by atoms with E-state index in [1.54, 1.807) is 12.3 Å². The van der Waals surface area contributed by atoms with Gasteiger partial charge in [-0.25, -0.2) is 18.4 Å². The first kappa shape index (κ1) is 24.7. The number of nitriles is 1. The Balaban J connectivity index is 1.40. The zero-order chi connectivity index (χ0) is 24.3.